The topological polar surface area (TPSA) is 66.9 Å². The number of nitro groups is 1. The number of nitriles is 1. The Morgan fingerprint density at radius 2 is 1.95 bits per heavy atom. The average molecular weight is 278 g/mol. The molecule has 2 aromatic rings. The lowest BCUT2D eigenvalue weighted by Crippen LogP contribution is -1.93. The molecule has 0 N–H and O–H groups in total. The number of benzene rings is 2. The summed E-state index contributed by atoms with van der Waals surface area (Å²) in [6.45, 7) is 3.86. The summed E-state index contributed by atoms with van der Waals surface area (Å²) in [6.07, 6.45) is 1.57. The smallest absolute Gasteiger partial charge is 0.258 e. The molecule has 0 spiro atoms. The van der Waals surface area contributed by atoms with Gasteiger partial charge in [-0.05, 0) is 37.1 Å². The molecular weight excluding hydrogens is 264 g/mol. The Balaban J connectivity index is 2.60. The van der Waals surface area contributed by atoms with Crippen LogP contribution in [0.2, 0.25) is 0 Å². The molecule has 2 rings (SSSR count). The number of allylic oxidation sites excluding steroid dienone is 1. The quantitative estimate of drug-likeness (QED) is 0.364. The van der Waals surface area contributed by atoms with Crippen LogP contribution in [0.4, 0.5) is 5.69 Å². The van der Waals surface area contributed by atoms with E-state index in [1.54, 1.807) is 24.3 Å². The predicted octanol–water partition coefficient (Wildman–Crippen LogP) is 4.28. The van der Waals surface area contributed by atoms with Crippen molar-refractivity contribution < 1.29 is 4.92 Å². The maximum Gasteiger partial charge on any atom is 0.276 e. The highest BCUT2D eigenvalue weighted by Crippen LogP contribution is 2.26. The molecule has 0 bridgehead atoms. The Morgan fingerprint density at radius 3 is 2.62 bits per heavy atom. The largest absolute Gasteiger partial charge is 0.276 e. The van der Waals surface area contributed by atoms with Crippen LogP contribution in [0, 0.1) is 35.3 Å². The Bertz CT molecular complexity index is 771. The first-order valence-corrected chi connectivity index (χ1v) is 6.46. The van der Waals surface area contributed by atoms with Gasteiger partial charge in [0.2, 0.25) is 0 Å². The highest BCUT2D eigenvalue weighted by molar-refractivity contribution is 5.92. The molecule has 0 aliphatic heterocycles. The first kappa shape index (κ1) is 14.5. The lowest BCUT2D eigenvalue weighted by molar-refractivity contribution is -0.385. The Hall–Kier alpha value is -2.93. The third-order valence-electron chi connectivity index (χ3n) is 3.24. The third-order valence-corrected chi connectivity index (χ3v) is 3.24. The van der Waals surface area contributed by atoms with Crippen molar-refractivity contribution in [1.29, 1.82) is 5.26 Å². The highest BCUT2D eigenvalue weighted by atomic mass is 16.6. The minimum Gasteiger partial charge on any atom is -0.258 e. The number of aryl methyl sites for hydroxylation is 2. The summed E-state index contributed by atoms with van der Waals surface area (Å²) < 4.78 is 0. The second-order valence-corrected chi connectivity index (χ2v) is 4.80. The van der Waals surface area contributed by atoms with Crippen LogP contribution in [0.15, 0.2) is 42.5 Å². The first-order valence-electron chi connectivity index (χ1n) is 6.46. The van der Waals surface area contributed by atoms with Crippen LogP contribution in [0.25, 0.3) is 11.6 Å². The molecule has 104 valence electrons. The lowest BCUT2D eigenvalue weighted by Gasteiger charge is -2.06. The fourth-order valence-electron chi connectivity index (χ4n) is 2.13. The molecular formula is C17H14N2O2. The third kappa shape index (κ3) is 3.15. The number of hydrogen-bond donors (Lipinski definition) is 0. The van der Waals surface area contributed by atoms with E-state index in [0.29, 0.717) is 11.1 Å². The van der Waals surface area contributed by atoms with Gasteiger partial charge in [-0.2, -0.15) is 5.26 Å². The van der Waals surface area contributed by atoms with Crippen LogP contribution in [-0.4, -0.2) is 4.92 Å². The van der Waals surface area contributed by atoms with E-state index in [1.165, 1.54) is 6.07 Å². The first-order chi connectivity index (χ1) is 10.0. The number of hydrogen-bond acceptors (Lipinski definition) is 3. The van der Waals surface area contributed by atoms with Crippen LogP contribution in [0.1, 0.15) is 22.3 Å². The molecule has 21 heavy (non-hydrogen) atoms. The molecule has 0 amide bonds. The summed E-state index contributed by atoms with van der Waals surface area (Å²) in [6, 6.07) is 14.4. The molecule has 0 aliphatic rings. The summed E-state index contributed by atoms with van der Waals surface area (Å²) >= 11 is 0. The summed E-state index contributed by atoms with van der Waals surface area (Å²) in [7, 11) is 0. The molecule has 0 fully saturated rings. The van der Waals surface area contributed by atoms with E-state index in [4.69, 9.17) is 0 Å². The normalized spacial score (nSPS) is 11.0. The van der Waals surface area contributed by atoms with E-state index in [2.05, 4.69) is 6.07 Å². The van der Waals surface area contributed by atoms with Crippen molar-refractivity contribution >= 4 is 17.3 Å². The van der Waals surface area contributed by atoms with Crippen molar-refractivity contribution in [1.82, 2.24) is 0 Å². The predicted molar refractivity (Wildman–Crippen MR) is 82.5 cm³/mol. The highest BCUT2D eigenvalue weighted by Gasteiger charge is 2.12. The van der Waals surface area contributed by atoms with Gasteiger partial charge in [0, 0.05) is 6.07 Å². The van der Waals surface area contributed by atoms with Gasteiger partial charge in [-0.15, -0.1) is 0 Å². The van der Waals surface area contributed by atoms with E-state index in [-0.39, 0.29) is 5.69 Å². The molecule has 0 radical (unpaired) electrons. The maximum atomic E-state index is 11.0. The van der Waals surface area contributed by atoms with Crippen LogP contribution in [0.5, 0.6) is 0 Å². The molecule has 4 heteroatoms. The summed E-state index contributed by atoms with van der Waals surface area (Å²) in [5, 5.41) is 20.4. The Labute approximate surface area is 123 Å². The van der Waals surface area contributed by atoms with Gasteiger partial charge < -0.3 is 0 Å². The zero-order valence-corrected chi connectivity index (χ0v) is 11.8. The number of nitrogens with zero attached hydrogens (tertiary/aromatic N) is 2. The molecule has 0 unspecified atom stereocenters. The van der Waals surface area contributed by atoms with Gasteiger partial charge in [-0.3, -0.25) is 10.1 Å². The molecule has 0 aromatic heterocycles. The maximum absolute atomic E-state index is 11.0. The number of para-hydroxylation sites is 1. The van der Waals surface area contributed by atoms with Crippen LogP contribution in [0.3, 0.4) is 0 Å². The zero-order chi connectivity index (χ0) is 15.4. The van der Waals surface area contributed by atoms with Gasteiger partial charge in [-0.25, -0.2) is 0 Å². The van der Waals surface area contributed by atoms with Gasteiger partial charge in [0.05, 0.1) is 22.1 Å². The Kier molecular flexibility index (Phi) is 4.15. The van der Waals surface area contributed by atoms with Gasteiger partial charge >= 0.3 is 0 Å². The molecule has 0 saturated carbocycles. The van der Waals surface area contributed by atoms with E-state index in [9.17, 15) is 15.4 Å². The van der Waals surface area contributed by atoms with Crippen molar-refractivity contribution in [2.24, 2.45) is 0 Å². The molecule has 4 nitrogen and oxygen atoms in total. The van der Waals surface area contributed by atoms with Crippen LogP contribution >= 0.6 is 0 Å². The fraction of sp³-hybridized carbons (Fsp3) is 0.118. The van der Waals surface area contributed by atoms with E-state index >= 15 is 0 Å². The molecule has 0 atom stereocenters. The molecule has 0 heterocycles. The second-order valence-electron chi connectivity index (χ2n) is 4.80. The van der Waals surface area contributed by atoms with Gasteiger partial charge in [0.1, 0.15) is 0 Å². The average Bonchev–Trinajstić information content (AvgIpc) is 2.47. The molecule has 0 aliphatic carbocycles. The fourth-order valence-corrected chi connectivity index (χ4v) is 2.13. The van der Waals surface area contributed by atoms with Gasteiger partial charge in [0.25, 0.3) is 5.69 Å². The standard InChI is InChI=1S/C17H14N2O2/c1-12-7-8-13(2)16(9-12)15(11-18)10-14-5-3-4-6-17(14)19(20)21/h3-10H,1-2H3. The zero-order valence-electron chi connectivity index (χ0n) is 11.8. The minimum absolute atomic E-state index is 0.00411. The minimum atomic E-state index is -0.441. The van der Waals surface area contributed by atoms with Crippen molar-refractivity contribution in [2.75, 3.05) is 0 Å². The van der Waals surface area contributed by atoms with E-state index in [1.807, 2.05) is 32.0 Å². The Morgan fingerprint density at radius 1 is 1.24 bits per heavy atom. The van der Waals surface area contributed by atoms with Crippen LogP contribution < -0.4 is 0 Å². The van der Waals surface area contributed by atoms with Crippen molar-refractivity contribution in [2.45, 2.75) is 13.8 Å². The monoisotopic (exact) mass is 278 g/mol. The second kappa shape index (κ2) is 6.02. The lowest BCUT2D eigenvalue weighted by atomic mass is 9.97. The van der Waals surface area contributed by atoms with Crippen LogP contribution in [-0.2, 0) is 0 Å². The van der Waals surface area contributed by atoms with Gasteiger partial charge in [0.15, 0.2) is 0 Å². The van der Waals surface area contributed by atoms with Gasteiger partial charge in [-0.1, -0.05) is 35.9 Å². The van der Waals surface area contributed by atoms with Crippen molar-refractivity contribution in [3.63, 3.8) is 0 Å². The number of rotatable bonds is 3. The molecule has 2 aromatic carbocycles. The van der Waals surface area contributed by atoms with Crippen molar-refractivity contribution in [3.05, 3.63) is 74.8 Å². The number of nitro benzene ring substituents is 1. The SMILES string of the molecule is Cc1ccc(C)c(C(C#N)=Cc2ccccc2[N+](=O)[O-])c1. The molecule has 0 saturated heterocycles. The van der Waals surface area contributed by atoms with E-state index in [0.717, 1.165) is 16.7 Å². The summed E-state index contributed by atoms with van der Waals surface area (Å²) in [5.41, 5.74) is 3.66. The summed E-state index contributed by atoms with van der Waals surface area (Å²) in [4.78, 5) is 10.6. The summed E-state index contributed by atoms with van der Waals surface area (Å²) in [5.74, 6) is 0. The van der Waals surface area contributed by atoms with E-state index < -0.39 is 4.92 Å². The van der Waals surface area contributed by atoms with Crippen molar-refractivity contribution in [3.8, 4) is 6.07 Å².